The SMILES string of the molecule is Cc1cccc(N2CCN(C(=O)C(=O)N(C)C3CCS(=O)(=O)C3)CC2)c1. The lowest BCUT2D eigenvalue weighted by atomic mass is 10.2. The molecule has 2 amide bonds. The lowest BCUT2D eigenvalue weighted by molar-refractivity contribution is -0.152. The number of amides is 2. The molecule has 0 saturated carbocycles. The lowest BCUT2D eigenvalue weighted by Crippen LogP contribution is -2.54. The number of sulfone groups is 1. The smallest absolute Gasteiger partial charge is 0.312 e. The van der Waals surface area contributed by atoms with Gasteiger partial charge in [-0.15, -0.1) is 0 Å². The molecule has 0 spiro atoms. The van der Waals surface area contributed by atoms with Gasteiger partial charge in [-0.2, -0.15) is 0 Å². The van der Waals surface area contributed by atoms with Crippen molar-refractivity contribution in [3.8, 4) is 0 Å². The summed E-state index contributed by atoms with van der Waals surface area (Å²) in [6, 6.07) is 7.81. The highest BCUT2D eigenvalue weighted by molar-refractivity contribution is 7.91. The van der Waals surface area contributed by atoms with Gasteiger partial charge < -0.3 is 14.7 Å². The Morgan fingerprint density at radius 2 is 1.85 bits per heavy atom. The average molecular weight is 379 g/mol. The van der Waals surface area contributed by atoms with Crippen molar-refractivity contribution >= 4 is 27.3 Å². The lowest BCUT2D eigenvalue weighted by Gasteiger charge is -2.36. The van der Waals surface area contributed by atoms with E-state index in [0.717, 1.165) is 5.69 Å². The maximum Gasteiger partial charge on any atom is 0.312 e. The molecule has 0 aromatic heterocycles. The van der Waals surface area contributed by atoms with Gasteiger partial charge in [0.2, 0.25) is 0 Å². The molecule has 3 rings (SSSR count). The third kappa shape index (κ3) is 4.00. The quantitative estimate of drug-likeness (QED) is 0.690. The number of benzene rings is 1. The number of hydrogen-bond donors (Lipinski definition) is 0. The highest BCUT2D eigenvalue weighted by atomic mass is 32.2. The van der Waals surface area contributed by atoms with Crippen LogP contribution >= 0.6 is 0 Å². The van der Waals surface area contributed by atoms with Gasteiger partial charge in [-0.3, -0.25) is 9.59 Å². The Hall–Kier alpha value is -2.09. The molecule has 1 aromatic carbocycles. The summed E-state index contributed by atoms with van der Waals surface area (Å²) in [6.07, 6.45) is 0.402. The summed E-state index contributed by atoms with van der Waals surface area (Å²) < 4.78 is 23.2. The summed E-state index contributed by atoms with van der Waals surface area (Å²) in [7, 11) is -1.57. The fraction of sp³-hybridized carbons (Fsp3) is 0.556. The molecule has 1 aromatic rings. The first-order valence-corrected chi connectivity index (χ1v) is 10.7. The van der Waals surface area contributed by atoms with Gasteiger partial charge in [0.1, 0.15) is 0 Å². The highest BCUT2D eigenvalue weighted by Gasteiger charge is 2.36. The van der Waals surface area contributed by atoms with Crippen molar-refractivity contribution in [2.24, 2.45) is 0 Å². The van der Waals surface area contributed by atoms with E-state index in [2.05, 4.69) is 11.0 Å². The first-order valence-electron chi connectivity index (χ1n) is 8.85. The number of rotatable bonds is 2. The predicted octanol–water partition coefficient (Wildman–Crippen LogP) is 0.289. The summed E-state index contributed by atoms with van der Waals surface area (Å²) in [4.78, 5) is 30.1. The predicted molar refractivity (Wildman–Crippen MR) is 99.8 cm³/mol. The topological polar surface area (TPSA) is 78.0 Å². The molecule has 1 atom stereocenters. The average Bonchev–Trinajstić information content (AvgIpc) is 3.00. The van der Waals surface area contributed by atoms with Crippen LogP contribution in [0.15, 0.2) is 24.3 Å². The van der Waals surface area contributed by atoms with Crippen molar-refractivity contribution in [2.75, 3.05) is 49.6 Å². The summed E-state index contributed by atoms with van der Waals surface area (Å²) in [6.45, 7) is 4.35. The second-order valence-electron chi connectivity index (χ2n) is 7.09. The van der Waals surface area contributed by atoms with Crippen molar-refractivity contribution in [2.45, 2.75) is 19.4 Å². The number of carbonyl (C=O) groups is 2. The molecule has 8 heteroatoms. The fourth-order valence-corrected chi connectivity index (χ4v) is 5.30. The van der Waals surface area contributed by atoms with Crippen LogP contribution in [-0.2, 0) is 19.4 Å². The molecule has 2 saturated heterocycles. The van der Waals surface area contributed by atoms with Crippen molar-refractivity contribution in [1.29, 1.82) is 0 Å². The zero-order chi connectivity index (χ0) is 18.9. The molecule has 26 heavy (non-hydrogen) atoms. The Morgan fingerprint density at radius 1 is 1.15 bits per heavy atom. The third-order valence-corrected chi connectivity index (χ3v) is 6.94. The van der Waals surface area contributed by atoms with E-state index in [-0.39, 0.29) is 11.5 Å². The molecule has 2 heterocycles. The van der Waals surface area contributed by atoms with E-state index in [9.17, 15) is 18.0 Å². The van der Waals surface area contributed by atoms with Gasteiger partial charge in [0.15, 0.2) is 9.84 Å². The van der Waals surface area contributed by atoms with Crippen LogP contribution in [0.3, 0.4) is 0 Å². The van der Waals surface area contributed by atoms with Crippen molar-refractivity contribution in [3.63, 3.8) is 0 Å². The molecule has 0 radical (unpaired) electrons. The van der Waals surface area contributed by atoms with Crippen LogP contribution in [0, 0.1) is 6.92 Å². The van der Waals surface area contributed by atoms with Gasteiger partial charge >= 0.3 is 11.8 Å². The van der Waals surface area contributed by atoms with Gasteiger partial charge in [-0.05, 0) is 31.0 Å². The second-order valence-corrected chi connectivity index (χ2v) is 9.32. The monoisotopic (exact) mass is 379 g/mol. The molecular formula is C18H25N3O4S. The van der Waals surface area contributed by atoms with Gasteiger partial charge in [-0.25, -0.2) is 8.42 Å². The van der Waals surface area contributed by atoms with Gasteiger partial charge in [-0.1, -0.05) is 12.1 Å². The molecule has 2 aliphatic rings. The van der Waals surface area contributed by atoms with Gasteiger partial charge in [0.25, 0.3) is 0 Å². The van der Waals surface area contributed by atoms with E-state index in [1.165, 1.54) is 17.5 Å². The van der Waals surface area contributed by atoms with E-state index in [1.54, 1.807) is 4.90 Å². The molecule has 1 unspecified atom stereocenters. The second kappa shape index (κ2) is 7.26. The Kier molecular flexibility index (Phi) is 5.22. The summed E-state index contributed by atoms with van der Waals surface area (Å²) in [5, 5.41) is 0. The van der Waals surface area contributed by atoms with E-state index >= 15 is 0 Å². The van der Waals surface area contributed by atoms with E-state index < -0.39 is 27.7 Å². The number of anilines is 1. The molecule has 0 aliphatic carbocycles. The first kappa shape index (κ1) is 18.7. The largest absolute Gasteiger partial charge is 0.368 e. The number of aryl methyl sites for hydroxylation is 1. The van der Waals surface area contributed by atoms with Crippen LogP contribution in [-0.4, -0.2) is 80.8 Å². The molecule has 142 valence electrons. The van der Waals surface area contributed by atoms with Gasteiger partial charge in [0.05, 0.1) is 11.5 Å². The molecule has 0 N–H and O–H groups in total. The number of piperazine rings is 1. The standard InChI is InChI=1S/C18H25N3O4S/c1-14-4-3-5-15(12-14)20-7-9-21(10-8-20)18(23)17(22)19(2)16-6-11-26(24,25)13-16/h3-5,12,16H,6-11,13H2,1-2H3. The van der Waals surface area contributed by atoms with Crippen molar-refractivity contribution in [1.82, 2.24) is 9.80 Å². The van der Waals surface area contributed by atoms with Gasteiger partial charge in [0, 0.05) is 45.0 Å². The van der Waals surface area contributed by atoms with E-state index in [0.29, 0.717) is 32.6 Å². The maximum absolute atomic E-state index is 12.5. The zero-order valence-electron chi connectivity index (χ0n) is 15.2. The molecule has 0 bridgehead atoms. The minimum atomic E-state index is -3.09. The van der Waals surface area contributed by atoms with Crippen LogP contribution < -0.4 is 4.90 Å². The fourth-order valence-electron chi connectivity index (χ4n) is 3.53. The van der Waals surface area contributed by atoms with Crippen LogP contribution in [0.4, 0.5) is 5.69 Å². The first-order chi connectivity index (χ1) is 12.3. The number of hydrogen-bond acceptors (Lipinski definition) is 5. The van der Waals surface area contributed by atoms with Crippen LogP contribution in [0.1, 0.15) is 12.0 Å². The van der Waals surface area contributed by atoms with Crippen molar-refractivity contribution in [3.05, 3.63) is 29.8 Å². The third-order valence-electron chi connectivity index (χ3n) is 5.19. The van der Waals surface area contributed by atoms with Crippen LogP contribution in [0.2, 0.25) is 0 Å². The minimum Gasteiger partial charge on any atom is -0.368 e. The summed E-state index contributed by atoms with van der Waals surface area (Å²) in [5.41, 5.74) is 2.31. The van der Waals surface area contributed by atoms with E-state index in [1.807, 2.05) is 25.1 Å². The Morgan fingerprint density at radius 3 is 2.42 bits per heavy atom. The molecule has 7 nitrogen and oxygen atoms in total. The summed E-state index contributed by atoms with van der Waals surface area (Å²) in [5.74, 6) is -1.13. The van der Waals surface area contributed by atoms with E-state index in [4.69, 9.17) is 0 Å². The summed E-state index contributed by atoms with van der Waals surface area (Å²) >= 11 is 0. The van der Waals surface area contributed by atoms with Crippen molar-refractivity contribution < 1.29 is 18.0 Å². The number of nitrogens with zero attached hydrogens (tertiary/aromatic N) is 3. The molecule has 2 fully saturated rings. The Labute approximate surface area is 154 Å². The Bertz CT molecular complexity index is 800. The molecular weight excluding hydrogens is 354 g/mol. The highest BCUT2D eigenvalue weighted by Crippen LogP contribution is 2.19. The Balaban J connectivity index is 1.57. The number of likely N-dealkylation sites (N-methyl/N-ethyl adjacent to an activating group) is 1. The van der Waals surface area contributed by atoms with Crippen LogP contribution in [0.5, 0.6) is 0 Å². The number of carbonyl (C=O) groups excluding carboxylic acids is 2. The zero-order valence-corrected chi connectivity index (χ0v) is 16.0. The van der Waals surface area contributed by atoms with Crippen LogP contribution in [0.25, 0.3) is 0 Å². The maximum atomic E-state index is 12.5. The molecule has 2 aliphatic heterocycles. The normalized spacial score (nSPS) is 22.3. The minimum absolute atomic E-state index is 0.0519.